The van der Waals surface area contributed by atoms with Crippen molar-refractivity contribution in [1.82, 2.24) is 10.2 Å². The fourth-order valence-corrected chi connectivity index (χ4v) is 2.99. The van der Waals surface area contributed by atoms with Crippen molar-refractivity contribution in [1.29, 1.82) is 0 Å². The second-order valence-corrected chi connectivity index (χ2v) is 6.86. The smallest absolute Gasteiger partial charge is 0.242 e. The maximum atomic E-state index is 12.8. The van der Waals surface area contributed by atoms with E-state index >= 15 is 0 Å². The molecule has 2 aromatic carbocycles. The fourth-order valence-electron chi connectivity index (χ4n) is 2.67. The Morgan fingerprint density at radius 3 is 2.35 bits per heavy atom. The molecule has 26 heavy (non-hydrogen) atoms. The van der Waals surface area contributed by atoms with Gasteiger partial charge in [0.2, 0.25) is 11.8 Å². The molecule has 0 bridgehead atoms. The molecule has 0 aliphatic carbocycles. The van der Waals surface area contributed by atoms with Crippen molar-refractivity contribution in [3.8, 4) is 0 Å². The minimum Gasteiger partial charge on any atom is -0.357 e. The number of hydrogen-bond donors (Lipinski definition) is 1. The Morgan fingerprint density at radius 2 is 1.73 bits per heavy atom. The van der Waals surface area contributed by atoms with Gasteiger partial charge in [-0.25, -0.2) is 0 Å². The second-order valence-electron chi connectivity index (χ2n) is 6.05. The van der Waals surface area contributed by atoms with Gasteiger partial charge < -0.3 is 10.2 Å². The van der Waals surface area contributed by atoms with Gasteiger partial charge in [-0.15, -0.1) is 0 Å². The van der Waals surface area contributed by atoms with Crippen LogP contribution in [0.5, 0.6) is 0 Å². The van der Waals surface area contributed by atoms with Crippen molar-refractivity contribution in [3.63, 3.8) is 0 Å². The molecule has 0 saturated carbocycles. The zero-order chi connectivity index (χ0) is 19.1. The number of nitrogens with one attached hydrogen (secondary N) is 1. The molecule has 1 atom stereocenters. The van der Waals surface area contributed by atoms with E-state index in [0.29, 0.717) is 29.4 Å². The van der Waals surface area contributed by atoms with E-state index in [1.807, 2.05) is 36.4 Å². The summed E-state index contributed by atoms with van der Waals surface area (Å²) in [6, 6.07) is 14.4. The summed E-state index contributed by atoms with van der Waals surface area (Å²) in [7, 11) is 1.56. The van der Waals surface area contributed by atoms with Gasteiger partial charge in [-0.3, -0.25) is 9.59 Å². The van der Waals surface area contributed by atoms with Crippen LogP contribution in [0.15, 0.2) is 48.5 Å². The maximum absolute atomic E-state index is 12.8. The van der Waals surface area contributed by atoms with Crippen LogP contribution in [0, 0.1) is 0 Å². The van der Waals surface area contributed by atoms with E-state index in [1.54, 1.807) is 31.0 Å². The normalized spacial score (nSPS) is 11.7. The van der Waals surface area contributed by atoms with Crippen LogP contribution in [-0.4, -0.2) is 29.8 Å². The number of rotatable bonds is 7. The number of carbonyl (C=O) groups is 2. The number of carbonyl (C=O) groups excluding carboxylic acids is 2. The molecule has 138 valence electrons. The number of aryl methyl sites for hydroxylation is 1. The number of amides is 2. The summed E-state index contributed by atoms with van der Waals surface area (Å²) in [6.45, 7) is 2.01. The van der Waals surface area contributed by atoms with E-state index in [0.717, 1.165) is 11.1 Å². The van der Waals surface area contributed by atoms with E-state index < -0.39 is 6.04 Å². The fraction of sp³-hybridized carbons (Fsp3) is 0.300. The lowest BCUT2D eigenvalue weighted by atomic mass is 10.1. The van der Waals surface area contributed by atoms with Crippen LogP contribution in [-0.2, 0) is 22.6 Å². The van der Waals surface area contributed by atoms with Gasteiger partial charge in [0.25, 0.3) is 0 Å². The summed E-state index contributed by atoms with van der Waals surface area (Å²) in [5, 5.41) is 3.48. The Labute approximate surface area is 164 Å². The molecule has 0 fully saturated rings. The van der Waals surface area contributed by atoms with Crippen LogP contribution < -0.4 is 5.32 Å². The van der Waals surface area contributed by atoms with Crippen LogP contribution >= 0.6 is 23.2 Å². The third kappa shape index (κ3) is 5.48. The zero-order valence-electron chi connectivity index (χ0n) is 14.8. The predicted octanol–water partition coefficient (Wildman–Crippen LogP) is 4.09. The van der Waals surface area contributed by atoms with E-state index in [2.05, 4.69) is 5.32 Å². The molecule has 0 aromatic heterocycles. The SMILES string of the molecule is CNC(=O)C(C)N(Cc1ccc(Cl)c(Cl)c1)C(=O)CCc1ccccc1. The van der Waals surface area contributed by atoms with Crippen molar-refractivity contribution in [2.45, 2.75) is 32.4 Å². The molecule has 0 aliphatic heterocycles. The summed E-state index contributed by atoms with van der Waals surface area (Å²) < 4.78 is 0. The topological polar surface area (TPSA) is 49.4 Å². The largest absolute Gasteiger partial charge is 0.357 e. The minimum absolute atomic E-state index is 0.0870. The Hall–Kier alpha value is -2.04. The number of nitrogens with zero attached hydrogens (tertiary/aromatic N) is 1. The van der Waals surface area contributed by atoms with Gasteiger partial charge in [0.15, 0.2) is 0 Å². The third-order valence-corrected chi connectivity index (χ3v) is 4.96. The van der Waals surface area contributed by atoms with Crippen LogP contribution in [0.4, 0.5) is 0 Å². The molecule has 0 spiro atoms. The first-order chi connectivity index (χ1) is 12.4. The summed E-state index contributed by atoms with van der Waals surface area (Å²) in [5.41, 5.74) is 1.91. The van der Waals surface area contributed by atoms with Crippen LogP contribution in [0.1, 0.15) is 24.5 Å². The highest BCUT2D eigenvalue weighted by molar-refractivity contribution is 6.42. The van der Waals surface area contributed by atoms with Gasteiger partial charge in [0.1, 0.15) is 6.04 Å². The van der Waals surface area contributed by atoms with Gasteiger partial charge >= 0.3 is 0 Å². The van der Waals surface area contributed by atoms with Crippen LogP contribution in [0.25, 0.3) is 0 Å². The molecule has 0 radical (unpaired) electrons. The summed E-state index contributed by atoms with van der Waals surface area (Å²) in [5.74, 6) is -0.297. The highest BCUT2D eigenvalue weighted by Crippen LogP contribution is 2.24. The lowest BCUT2D eigenvalue weighted by Gasteiger charge is -2.28. The molecule has 0 aliphatic rings. The number of benzene rings is 2. The van der Waals surface area contributed by atoms with Gasteiger partial charge in [-0.1, -0.05) is 59.6 Å². The van der Waals surface area contributed by atoms with E-state index in [1.165, 1.54) is 0 Å². The summed E-state index contributed by atoms with van der Waals surface area (Å²) in [4.78, 5) is 26.5. The zero-order valence-corrected chi connectivity index (χ0v) is 16.3. The molecule has 6 heteroatoms. The first-order valence-corrected chi connectivity index (χ1v) is 9.17. The van der Waals surface area contributed by atoms with Crippen molar-refractivity contribution in [3.05, 3.63) is 69.7 Å². The average molecular weight is 393 g/mol. The van der Waals surface area contributed by atoms with Gasteiger partial charge in [0.05, 0.1) is 10.0 Å². The molecule has 0 saturated heterocycles. The van der Waals surface area contributed by atoms with Crippen molar-refractivity contribution in [2.75, 3.05) is 7.05 Å². The van der Waals surface area contributed by atoms with Gasteiger partial charge in [-0.2, -0.15) is 0 Å². The van der Waals surface area contributed by atoms with Crippen molar-refractivity contribution >= 4 is 35.0 Å². The van der Waals surface area contributed by atoms with Crippen LogP contribution in [0.2, 0.25) is 10.0 Å². The molecule has 2 rings (SSSR count). The predicted molar refractivity (Wildman–Crippen MR) is 105 cm³/mol. The summed E-state index contributed by atoms with van der Waals surface area (Å²) in [6.07, 6.45) is 0.949. The maximum Gasteiger partial charge on any atom is 0.242 e. The van der Waals surface area contributed by atoms with E-state index in [4.69, 9.17) is 23.2 Å². The number of hydrogen-bond acceptors (Lipinski definition) is 2. The van der Waals surface area contributed by atoms with E-state index in [-0.39, 0.29) is 11.8 Å². The Balaban J connectivity index is 2.15. The molecule has 1 unspecified atom stereocenters. The molecule has 0 heterocycles. The van der Waals surface area contributed by atoms with E-state index in [9.17, 15) is 9.59 Å². The molecular formula is C20H22Cl2N2O2. The Morgan fingerprint density at radius 1 is 1.04 bits per heavy atom. The molecule has 1 N–H and O–H groups in total. The standard InChI is InChI=1S/C20H22Cl2N2O2/c1-14(20(26)23-2)24(13-16-8-10-17(21)18(22)12-16)19(25)11-9-15-6-4-3-5-7-15/h3-8,10,12,14H,9,11,13H2,1-2H3,(H,23,26). The first kappa shape index (κ1) is 20.3. The Bertz CT molecular complexity index is 766. The van der Waals surface area contributed by atoms with Gasteiger partial charge in [-0.05, 0) is 36.6 Å². The first-order valence-electron chi connectivity index (χ1n) is 8.41. The quantitative estimate of drug-likeness (QED) is 0.771. The molecule has 2 aromatic rings. The van der Waals surface area contributed by atoms with Crippen LogP contribution in [0.3, 0.4) is 0 Å². The molecule has 2 amide bonds. The van der Waals surface area contributed by atoms with Crippen molar-refractivity contribution in [2.24, 2.45) is 0 Å². The minimum atomic E-state index is -0.585. The highest BCUT2D eigenvalue weighted by atomic mass is 35.5. The summed E-state index contributed by atoms with van der Waals surface area (Å²) >= 11 is 12.0. The lowest BCUT2D eigenvalue weighted by Crippen LogP contribution is -2.46. The number of likely N-dealkylation sites (N-methyl/N-ethyl adjacent to an activating group) is 1. The van der Waals surface area contributed by atoms with Crippen molar-refractivity contribution < 1.29 is 9.59 Å². The Kier molecular flexibility index (Phi) is 7.49. The monoisotopic (exact) mass is 392 g/mol. The average Bonchev–Trinajstić information content (AvgIpc) is 2.66. The third-order valence-electron chi connectivity index (χ3n) is 4.22. The van der Waals surface area contributed by atoms with Gasteiger partial charge in [0, 0.05) is 20.0 Å². The molecule has 4 nitrogen and oxygen atoms in total. The number of halogens is 2. The highest BCUT2D eigenvalue weighted by Gasteiger charge is 2.25. The molecular weight excluding hydrogens is 371 g/mol. The second kappa shape index (κ2) is 9.60. The lowest BCUT2D eigenvalue weighted by molar-refractivity contribution is -0.140.